The molecule has 34 heavy (non-hydrogen) atoms. The van der Waals surface area contributed by atoms with Gasteiger partial charge >= 0.3 is 0 Å². The van der Waals surface area contributed by atoms with Crippen molar-refractivity contribution >= 4 is 17.8 Å². The number of halogens is 2. The molecule has 0 spiro atoms. The number of benzene rings is 1. The van der Waals surface area contributed by atoms with E-state index in [9.17, 15) is 18.7 Å². The van der Waals surface area contributed by atoms with Gasteiger partial charge in [-0.25, -0.2) is 8.78 Å². The molecule has 6 nitrogen and oxygen atoms in total. The van der Waals surface area contributed by atoms with Gasteiger partial charge < -0.3 is 14.7 Å². The van der Waals surface area contributed by atoms with E-state index in [1.807, 2.05) is 54.2 Å². The zero-order valence-corrected chi connectivity index (χ0v) is 20.1. The van der Waals surface area contributed by atoms with Crippen molar-refractivity contribution in [3.8, 4) is 5.75 Å². The SMILES string of the molecule is CC1(COc2ccc(N3N=CCC3CC3(O)CCN(C(=O)C4(C)CC4)CC3)cc2)CC(F)(F)C1. The van der Waals surface area contributed by atoms with Crippen LogP contribution in [0.4, 0.5) is 14.5 Å². The van der Waals surface area contributed by atoms with Crippen molar-refractivity contribution in [2.45, 2.75) is 82.8 Å². The Morgan fingerprint density at radius 1 is 1.12 bits per heavy atom. The first kappa shape index (κ1) is 23.5. The second-order valence-corrected chi connectivity index (χ2v) is 11.6. The molecule has 186 valence electrons. The Labute approximate surface area is 199 Å². The van der Waals surface area contributed by atoms with E-state index in [0.717, 1.165) is 24.9 Å². The average molecular weight is 476 g/mol. The van der Waals surface area contributed by atoms with Gasteiger partial charge in [-0.2, -0.15) is 5.10 Å². The number of hydrazone groups is 1. The number of rotatable bonds is 7. The lowest BCUT2D eigenvalue weighted by atomic mass is 9.68. The van der Waals surface area contributed by atoms with Crippen LogP contribution in [0.25, 0.3) is 0 Å². The first-order chi connectivity index (χ1) is 16.0. The number of likely N-dealkylation sites (tertiary alicyclic amines) is 1. The van der Waals surface area contributed by atoms with Crippen molar-refractivity contribution in [2.75, 3.05) is 24.7 Å². The Kier molecular flexibility index (Phi) is 5.66. The van der Waals surface area contributed by atoms with E-state index in [2.05, 4.69) is 5.10 Å². The van der Waals surface area contributed by atoms with E-state index in [0.29, 0.717) is 38.1 Å². The average Bonchev–Trinajstić information content (AvgIpc) is 3.36. The van der Waals surface area contributed by atoms with E-state index in [-0.39, 0.29) is 36.8 Å². The van der Waals surface area contributed by atoms with Gasteiger partial charge in [-0.05, 0) is 56.4 Å². The van der Waals surface area contributed by atoms with Gasteiger partial charge in [0.25, 0.3) is 0 Å². The molecule has 0 aromatic heterocycles. The quantitative estimate of drug-likeness (QED) is 0.626. The summed E-state index contributed by atoms with van der Waals surface area (Å²) in [5.74, 6) is -1.67. The molecule has 2 heterocycles. The second kappa shape index (κ2) is 8.18. The molecule has 2 aliphatic heterocycles. The molecule has 8 heteroatoms. The topological polar surface area (TPSA) is 65.4 Å². The summed E-state index contributed by atoms with van der Waals surface area (Å²) >= 11 is 0. The summed E-state index contributed by atoms with van der Waals surface area (Å²) in [6, 6.07) is 7.58. The standard InChI is InChI=1S/C26H35F2N3O3/c1-23(16-26(27,28)17-23)18-34-21-5-3-19(4-6-21)31-20(7-12-29-31)15-25(33)10-13-30(14-11-25)22(32)24(2)8-9-24/h3-6,12,20,33H,7-11,13-18H2,1-2H3. The van der Waals surface area contributed by atoms with E-state index in [4.69, 9.17) is 4.74 Å². The predicted octanol–water partition coefficient (Wildman–Crippen LogP) is 4.61. The van der Waals surface area contributed by atoms with Crippen LogP contribution in [0, 0.1) is 10.8 Å². The monoisotopic (exact) mass is 475 g/mol. The minimum atomic E-state index is -2.56. The Bertz CT molecular complexity index is 945. The van der Waals surface area contributed by atoms with Gasteiger partial charge in [0, 0.05) is 49.4 Å². The van der Waals surface area contributed by atoms with Gasteiger partial charge in [-0.15, -0.1) is 0 Å². The van der Waals surface area contributed by atoms with Crippen molar-refractivity contribution < 1.29 is 23.4 Å². The van der Waals surface area contributed by atoms with Crippen molar-refractivity contribution in [3.63, 3.8) is 0 Å². The van der Waals surface area contributed by atoms with Crippen LogP contribution >= 0.6 is 0 Å². The predicted molar refractivity (Wildman–Crippen MR) is 126 cm³/mol. The third kappa shape index (κ3) is 4.79. The largest absolute Gasteiger partial charge is 0.493 e. The van der Waals surface area contributed by atoms with E-state index < -0.39 is 16.9 Å². The number of carbonyl (C=O) groups excluding carboxylic acids is 1. The maximum Gasteiger partial charge on any atom is 0.249 e. The van der Waals surface area contributed by atoms with Gasteiger partial charge in [0.2, 0.25) is 11.8 Å². The molecule has 0 bridgehead atoms. The number of piperidine rings is 1. The van der Waals surface area contributed by atoms with Crippen LogP contribution in [0.15, 0.2) is 29.4 Å². The Hall–Kier alpha value is -2.22. The molecule has 4 aliphatic rings. The number of alkyl halides is 2. The van der Waals surface area contributed by atoms with Crippen molar-refractivity contribution in [1.29, 1.82) is 0 Å². The van der Waals surface area contributed by atoms with Crippen LogP contribution in [0.5, 0.6) is 5.75 Å². The molecule has 1 N–H and O–H groups in total. The maximum atomic E-state index is 13.2. The molecule has 1 aromatic rings. The van der Waals surface area contributed by atoms with Gasteiger partial charge in [0.15, 0.2) is 0 Å². The van der Waals surface area contributed by atoms with Crippen LogP contribution in [0.1, 0.15) is 65.2 Å². The lowest BCUT2D eigenvalue weighted by Gasteiger charge is -2.44. The number of nitrogens with zero attached hydrogens (tertiary/aromatic N) is 3. The van der Waals surface area contributed by atoms with Crippen LogP contribution in [0.3, 0.4) is 0 Å². The Morgan fingerprint density at radius 3 is 2.35 bits per heavy atom. The van der Waals surface area contributed by atoms with Crippen LogP contribution in [-0.2, 0) is 4.79 Å². The molecule has 2 aliphatic carbocycles. The van der Waals surface area contributed by atoms with Crippen LogP contribution in [-0.4, -0.2) is 59.4 Å². The first-order valence-electron chi connectivity index (χ1n) is 12.4. The summed E-state index contributed by atoms with van der Waals surface area (Å²) in [4.78, 5) is 14.6. The summed E-state index contributed by atoms with van der Waals surface area (Å²) in [6.07, 6.45) is 6.09. The lowest BCUT2D eigenvalue weighted by Crippen LogP contribution is -2.50. The molecule has 1 aromatic carbocycles. The summed E-state index contributed by atoms with van der Waals surface area (Å²) in [6.45, 7) is 5.36. The van der Waals surface area contributed by atoms with Crippen LogP contribution in [0.2, 0.25) is 0 Å². The summed E-state index contributed by atoms with van der Waals surface area (Å²) in [5.41, 5.74) is -0.535. The number of amides is 1. The Morgan fingerprint density at radius 2 is 1.76 bits per heavy atom. The molecule has 3 fully saturated rings. The smallest absolute Gasteiger partial charge is 0.249 e. The fourth-order valence-electron chi connectivity index (χ4n) is 5.70. The number of hydrogen-bond donors (Lipinski definition) is 1. The molecule has 0 radical (unpaired) electrons. The second-order valence-electron chi connectivity index (χ2n) is 11.6. The summed E-state index contributed by atoms with van der Waals surface area (Å²) in [7, 11) is 0. The van der Waals surface area contributed by atoms with Crippen molar-refractivity contribution in [1.82, 2.24) is 4.90 Å². The zero-order chi connectivity index (χ0) is 24.2. The molecule has 2 saturated carbocycles. The zero-order valence-electron chi connectivity index (χ0n) is 20.1. The molecule has 1 saturated heterocycles. The normalized spacial score (nSPS) is 27.9. The Balaban J connectivity index is 1.14. The fourth-order valence-corrected chi connectivity index (χ4v) is 5.70. The number of anilines is 1. The lowest BCUT2D eigenvalue weighted by molar-refractivity contribution is -0.164. The third-order valence-corrected chi connectivity index (χ3v) is 8.10. The van der Waals surface area contributed by atoms with E-state index in [1.54, 1.807) is 0 Å². The van der Waals surface area contributed by atoms with Crippen molar-refractivity contribution in [3.05, 3.63) is 24.3 Å². The van der Waals surface area contributed by atoms with Gasteiger partial charge in [-0.1, -0.05) is 13.8 Å². The van der Waals surface area contributed by atoms with Gasteiger partial charge in [-0.3, -0.25) is 9.80 Å². The highest BCUT2D eigenvalue weighted by atomic mass is 19.3. The number of carbonyl (C=O) groups is 1. The number of ether oxygens (including phenoxy) is 1. The molecular weight excluding hydrogens is 440 g/mol. The van der Waals surface area contributed by atoms with Gasteiger partial charge in [0.1, 0.15) is 5.75 Å². The molecular formula is C26H35F2N3O3. The van der Waals surface area contributed by atoms with E-state index >= 15 is 0 Å². The first-order valence-corrected chi connectivity index (χ1v) is 12.4. The molecule has 1 atom stereocenters. The minimum Gasteiger partial charge on any atom is -0.493 e. The molecule has 1 unspecified atom stereocenters. The summed E-state index contributed by atoms with van der Waals surface area (Å²) < 4.78 is 32.2. The van der Waals surface area contributed by atoms with E-state index in [1.165, 1.54) is 0 Å². The maximum absolute atomic E-state index is 13.2. The number of aliphatic hydroxyl groups is 1. The molecule has 1 amide bonds. The highest BCUT2D eigenvalue weighted by Crippen LogP contribution is 2.51. The highest BCUT2D eigenvalue weighted by Gasteiger charge is 2.54. The van der Waals surface area contributed by atoms with Gasteiger partial charge in [0.05, 0.1) is 23.9 Å². The highest BCUT2D eigenvalue weighted by molar-refractivity contribution is 5.85. The fraction of sp³-hybridized carbons (Fsp3) is 0.692. The minimum absolute atomic E-state index is 0.0519. The number of hydrogen-bond acceptors (Lipinski definition) is 5. The van der Waals surface area contributed by atoms with Crippen LogP contribution < -0.4 is 9.75 Å². The molecule has 5 rings (SSSR count). The van der Waals surface area contributed by atoms with Crippen molar-refractivity contribution in [2.24, 2.45) is 15.9 Å². The third-order valence-electron chi connectivity index (χ3n) is 8.10. The summed E-state index contributed by atoms with van der Waals surface area (Å²) in [5, 5.41) is 17.7.